The van der Waals surface area contributed by atoms with Crippen molar-refractivity contribution < 1.29 is 9.53 Å². The number of amides is 1. The number of carbonyl (C=O) groups excluding carboxylic acids is 1. The van der Waals surface area contributed by atoms with E-state index in [0.29, 0.717) is 37.3 Å². The summed E-state index contributed by atoms with van der Waals surface area (Å²) in [4.78, 5) is 18.8. The molecule has 0 radical (unpaired) electrons. The molecule has 0 unspecified atom stereocenters. The van der Waals surface area contributed by atoms with Gasteiger partial charge >= 0.3 is 0 Å². The third-order valence-corrected chi connectivity index (χ3v) is 5.10. The molecule has 0 bridgehead atoms. The summed E-state index contributed by atoms with van der Waals surface area (Å²) in [6.07, 6.45) is 0. The summed E-state index contributed by atoms with van der Waals surface area (Å²) >= 11 is 0. The van der Waals surface area contributed by atoms with Crippen LogP contribution in [0.4, 0.5) is 11.6 Å². The molecule has 0 saturated carbocycles. The van der Waals surface area contributed by atoms with Crippen LogP contribution in [-0.4, -0.2) is 73.5 Å². The quantitative estimate of drug-likeness (QED) is 0.792. The van der Waals surface area contributed by atoms with E-state index in [1.807, 2.05) is 17.0 Å². The van der Waals surface area contributed by atoms with E-state index in [1.165, 1.54) is 0 Å². The minimum atomic E-state index is -0.0366. The first-order valence-corrected chi connectivity index (χ1v) is 9.45. The van der Waals surface area contributed by atoms with Gasteiger partial charge in [-0.3, -0.25) is 4.79 Å². The standard InChI is InChI=1S/C20H22N6O2/c21-15-16-2-1-3-17(14-16)20(27)26-8-6-24(7-9-26)18-4-5-19(23-22-18)25-10-12-28-13-11-25/h1-5,14H,6-13H2. The lowest BCUT2D eigenvalue weighted by molar-refractivity contribution is 0.0746. The number of carbonyl (C=O) groups is 1. The van der Waals surface area contributed by atoms with Crippen molar-refractivity contribution in [1.29, 1.82) is 5.26 Å². The zero-order valence-corrected chi connectivity index (χ0v) is 15.6. The van der Waals surface area contributed by atoms with E-state index in [-0.39, 0.29) is 5.91 Å². The number of nitrogens with zero attached hydrogens (tertiary/aromatic N) is 6. The van der Waals surface area contributed by atoms with Gasteiger partial charge in [0, 0.05) is 44.8 Å². The average molecular weight is 378 g/mol. The van der Waals surface area contributed by atoms with Gasteiger partial charge in [0.1, 0.15) is 0 Å². The topological polar surface area (TPSA) is 85.6 Å². The SMILES string of the molecule is N#Cc1cccc(C(=O)N2CCN(c3ccc(N4CCOCC4)nn3)CC2)c1. The second-order valence-corrected chi connectivity index (χ2v) is 6.82. The Balaban J connectivity index is 1.36. The molecule has 2 aliphatic heterocycles. The normalized spacial score (nSPS) is 17.3. The van der Waals surface area contributed by atoms with E-state index < -0.39 is 0 Å². The van der Waals surface area contributed by atoms with E-state index in [2.05, 4.69) is 26.1 Å². The van der Waals surface area contributed by atoms with Crippen LogP contribution < -0.4 is 9.80 Å². The molecule has 8 heteroatoms. The van der Waals surface area contributed by atoms with E-state index in [4.69, 9.17) is 10.00 Å². The maximum atomic E-state index is 12.7. The van der Waals surface area contributed by atoms with Crippen molar-refractivity contribution in [1.82, 2.24) is 15.1 Å². The summed E-state index contributed by atoms with van der Waals surface area (Å²) in [6.45, 7) is 5.74. The number of morpholine rings is 1. The lowest BCUT2D eigenvalue weighted by atomic mass is 10.1. The molecule has 1 aromatic carbocycles. The van der Waals surface area contributed by atoms with Crippen LogP contribution in [0.15, 0.2) is 36.4 Å². The van der Waals surface area contributed by atoms with Crippen LogP contribution in [0.5, 0.6) is 0 Å². The average Bonchev–Trinajstić information content (AvgIpc) is 2.79. The van der Waals surface area contributed by atoms with E-state index in [1.54, 1.807) is 24.3 Å². The van der Waals surface area contributed by atoms with Crippen molar-refractivity contribution in [2.45, 2.75) is 0 Å². The van der Waals surface area contributed by atoms with Gasteiger partial charge in [0.05, 0.1) is 24.8 Å². The van der Waals surface area contributed by atoms with Crippen LogP contribution in [0.25, 0.3) is 0 Å². The van der Waals surface area contributed by atoms with Crippen molar-refractivity contribution in [3.63, 3.8) is 0 Å². The molecule has 3 heterocycles. The smallest absolute Gasteiger partial charge is 0.254 e. The van der Waals surface area contributed by atoms with Crippen LogP contribution >= 0.6 is 0 Å². The van der Waals surface area contributed by atoms with Gasteiger partial charge in [-0.05, 0) is 30.3 Å². The number of nitriles is 1. The molecule has 2 saturated heterocycles. The Hall–Kier alpha value is -3.18. The van der Waals surface area contributed by atoms with Crippen molar-refractivity contribution in [3.8, 4) is 6.07 Å². The lowest BCUT2D eigenvalue weighted by Crippen LogP contribution is -2.49. The van der Waals surface area contributed by atoms with Gasteiger partial charge in [-0.25, -0.2) is 0 Å². The van der Waals surface area contributed by atoms with Gasteiger partial charge in [-0.1, -0.05) is 6.07 Å². The Kier molecular flexibility index (Phi) is 5.35. The number of hydrogen-bond acceptors (Lipinski definition) is 7. The van der Waals surface area contributed by atoms with Gasteiger partial charge in [-0.2, -0.15) is 5.26 Å². The molecule has 0 aliphatic carbocycles. The number of ether oxygens (including phenoxy) is 1. The Morgan fingerprint density at radius 2 is 1.57 bits per heavy atom. The zero-order valence-electron chi connectivity index (χ0n) is 15.6. The number of rotatable bonds is 3. The highest BCUT2D eigenvalue weighted by Crippen LogP contribution is 2.18. The van der Waals surface area contributed by atoms with E-state index in [0.717, 1.165) is 37.9 Å². The molecular formula is C20H22N6O2. The van der Waals surface area contributed by atoms with Gasteiger partial charge in [-0.15, -0.1) is 10.2 Å². The van der Waals surface area contributed by atoms with Crippen molar-refractivity contribution in [2.24, 2.45) is 0 Å². The van der Waals surface area contributed by atoms with Gasteiger partial charge in [0.2, 0.25) is 0 Å². The largest absolute Gasteiger partial charge is 0.378 e. The number of aromatic nitrogens is 2. The first kappa shape index (κ1) is 18.2. The van der Waals surface area contributed by atoms with Crippen LogP contribution in [0.2, 0.25) is 0 Å². The molecule has 144 valence electrons. The van der Waals surface area contributed by atoms with Crippen molar-refractivity contribution >= 4 is 17.5 Å². The molecule has 0 spiro atoms. The Labute approximate surface area is 163 Å². The minimum absolute atomic E-state index is 0.0366. The van der Waals surface area contributed by atoms with Gasteiger partial charge < -0.3 is 19.4 Å². The summed E-state index contributed by atoms with van der Waals surface area (Å²) in [5.74, 6) is 1.67. The molecule has 8 nitrogen and oxygen atoms in total. The molecule has 2 fully saturated rings. The summed E-state index contributed by atoms with van der Waals surface area (Å²) in [6, 6.07) is 12.9. The van der Waals surface area contributed by atoms with Crippen LogP contribution in [0.3, 0.4) is 0 Å². The van der Waals surface area contributed by atoms with Crippen LogP contribution in [0.1, 0.15) is 15.9 Å². The third-order valence-electron chi connectivity index (χ3n) is 5.10. The van der Waals surface area contributed by atoms with Gasteiger partial charge in [0.15, 0.2) is 11.6 Å². The number of anilines is 2. The Morgan fingerprint density at radius 1 is 0.929 bits per heavy atom. The van der Waals surface area contributed by atoms with Crippen molar-refractivity contribution in [2.75, 3.05) is 62.3 Å². The predicted molar refractivity (Wildman–Crippen MR) is 104 cm³/mol. The molecular weight excluding hydrogens is 356 g/mol. The highest BCUT2D eigenvalue weighted by atomic mass is 16.5. The fourth-order valence-electron chi connectivity index (χ4n) is 3.49. The second kappa shape index (κ2) is 8.23. The molecule has 1 amide bonds. The highest BCUT2D eigenvalue weighted by Gasteiger charge is 2.23. The number of piperazine rings is 1. The maximum Gasteiger partial charge on any atom is 0.254 e. The second-order valence-electron chi connectivity index (χ2n) is 6.82. The zero-order chi connectivity index (χ0) is 19.3. The highest BCUT2D eigenvalue weighted by molar-refractivity contribution is 5.94. The lowest BCUT2D eigenvalue weighted by Gasteiger charge is -2.35. The van der Waals surface area contributed by atoms with Crippen LogP contribution in [-0.2, 0) is 4.74 Å². The summed E-state index contributed by atoms with van der Waals surface area (Å²) < 4.78 is 5.37. The summed E-state index contributed by atoms with van der Waals surface area (Å²) in [5, 5.41) is 17.8. The van der Waals surface area contributed by atoms with Crippen molar-refractivity contribution in [3.05, 3.63) is 47.5 Å². The van der Waals surface area contributed by atoms with Crippen LogP contribution in [0, 0.1) is 11.3 Å². The fourth-order valence-corrected chi connectivity index (χ4v) is 3.49. The van der Waals surface area contributed by atoms with E-state index in [9.17, 15) is 4.79 Å². The molecule has 4 rings (SSSR count). The van der Waals surface area contributed by atoms with Gasteiger partial charge in [0.25, 0.3) is 5.91 Å². The third kappa shape index (κ3) is 3.89. The maximum absolute atomic E-state index is 12.7. The van der Waals surface area contributed by atoms with E-state index >= 15 is 0 Å². The molecule has 2 aromatic rings. The Bertz CT molecular complexity index is 865. The number of hydrogen-bond donors (Lipinski definition) is 0. The molecule has 0 N–H and O–H groups in total. The molecule has 2 aliphatic rings. The fraction of sp³-hybridized carbons (Fsp3) is 0.400. The first-order valence-electron chi connectivity index (χ1n) is 9.45. The monoisotopic (exact) mass is 378 g/mol. The predicted octanol–water partition coefficient (Wildman–Crippen LogP) is 1.15. The number of benzene rings is 1. The Morgan fingerprint density at radius 3 is 2.18 bits per heavy atom. The summed E-state index contributed by atoms with van der Waals surface area (Å²) in [5.41, 5.74) is 1.06. The molecule has 0 atom stereocenters. The minimum Gasteiger partial charge on any atom is -0.378 e. The molecule has 1 aromatic heterocycles. The first-order chi connectivity index (χ1) is 13.7. The molecule has 28 heavy (non-hydrogen) atoms. The summed E-state index contributed by atoms with van der Waals surface area (Å²) in [7, 11) is 0.